The summed E-state index contributed by atoms with van der Waals surface area (Å²) in [5, 5.41) is 0. The minimum absolute atomic E-state index is 0.311. The molecule has 0 bridgehead atoms. The van der Waals surface area contributed by atoms with Gasteiger partial charge in [0.2, 0.25) is 0 Å². The molecule has 2 atom stereocenters. The molecule has 20 heavy (non-hydrogen) atoms. The molecule has 1 saturated heterocycles. The highest BCUT2D eigenvalue weighted by Crippen LogP contribution is 2.23. The van der Waals surface area contributed by atoms with E-state index in [1.807, 2.05) is 0 Å². The van der Waals surface area contributed by atoms with E-state index >= 15 is 0 Å². The Hall–Kier alpha value is -0.320. The monoisotopic (exact) mass is 292 g/mol. The summed E-state index contributed by atoms with van der Waals surface area (Å²) in [6, 6.07) is -0.823. The molecule has 8 nitrogen and oxygen atoms in total. The van der Waals surface area contributed by atoms with Gasteiger partial charge in [-0.05, 0) is 0 Å². The van der Waals surface area contributed by atoms with Crippen LogP contribution in [0.4, 0.5) is 0 Å². The van der Waals surface area contributed by atoms with Crippen molar-refractivity contribution in [3.05, 3.63) is 0 Å². The second-order valence-corrected chi connectivity index (χ2v) is 4.80. The van der Waals surface area contributed by atoms with E-state index in [2.05, 4.69) is 0 Å². The van der Waals surface area contributed by atoms with Crippen molar-refractivity contribution >= 4 is 0 Å². The van der Waals surface area contributed by atoms with Crippen LogP contribution in [0.25, 0.3) is 0 Å². The highest BCUT2D eigenvalue weighted by molar-refractivity contribution is 5.01. The average Bonchev–Trinajstić information content (AvgIpc) is 2.48. The summed E-state index contributed by atoms with van der Waals surface area (Å²) in [7, 11) is 0. The van der Waals surface area contributed by atoms with E-state index in [4.69, 9.17) is 41.9 Å². The van der Waals surface area contributed by atoms with Crippen LogP contribution in [0.2, 0.25) is 0 Å². The maximum atomic E-state index is 6.20. The van der Waals surface area contributed by atoms with Crippen LogP contribution >= 0.6 is 0 Å². The SMILES string of the molecule is NCCOCC(N)C1(C(N)COCCN)COCCO1. The van der Waals surface area contributed by atoms with Crippen LogP contribution in [0.5, 0.6) is 0 Å². The van der Waals surface area contributed by atoms with Gasteiger partial charge in [0.05, 0.1) is 58.3 Å². The third-order valence-corrected chi connectivity index (χ3v) is 3.30. The Balaban J connectivity index is 2.59. The van der Waals surface area contributed by atoms with Gasteiger partial charge in [-0.15, -0.1) is 0 Å². The summed E-state index contributed by atoms with van der Waals surface area (Å²) in [6.45, 7) is 3.73. The van der Waals surface area contributed by atoms with Gasteiger partial charge in [-0.25, -0.2) is 0 Å². The van der Waals surface area contributed by atoms with E-state index in [-0.39, 0.29) is 0 Å². The fraction of sp³-hybridized carbons (Fsp3) is 1.00. The molecule has 0 aromatic rings. The first-order valence-electron chi connectivity index (χ1n) is 6.96. The molecule has 0 amide bonds. The van der Waals surface area contributed by atoms with Gasteiger partial charge >= 0.3 is 0 Å². The van der Waals surface area contributed by atoms with Crippen molar-refractivity contribution in [3.63, 3.8) is 0 Å². The first-order valence-corrected chi connectivity index (χ1v) is 6.96. The summed E-state index contributed by atoms with van der Waals surface area (Å²) in [4.78, 5) is 0. The van der Waals surface area contributed by atoms with Gasteiger partial charge in [-0.1, -0.05) is 0 Å². The number of ether oxygens (including phenoxy) is 4. The summed E-state index contributed by atoms with van der Waals surface area (Å²) < 4.78 is 22.1. The van der Waals surface area contributed by atoms with Gasteiger partial charge in [0.15, 0.2) is 0 Å². The molecule has 1 fully saturated rings. The van der Waals surface area contributed by atoms with Crippen LogP contribution in [0, 0.1) is 0 Å². The lowest BCUT2D eigenvalue weighted by molar-refractivity contribution is -0.190. The van der Waals surface area contributed by atoms with Crippen LogP contribution in [0.3, 0.4) is 0 Å². The maximum absolute atomic E-state index is 6.20. The van der Waals surface area contributed by atoms with Crippen LogP contribution < -0.4 is 22.9 Å². The lowest BCUT2D eigenvalue weighted by Gasteiger charge is -2.44. The molecule has 0 spiro atoms. The quantitative estimate of drug-likeness (QED) is 0.321. The first kappa shape index (κ1) is 17.7. The number of nitrogens with two attached hydrogens (primary N) is 4. The van der Waals surface area contributed by atoms with Crippen molar-refractivity contribution < 1.29 is 18.9 Å². The molecular formula is C12H28N4O4. The van der Waals surface area contributed by atoms with E-state index in [0.717, 1.165) is 0 Å². The molecular weight excluding hydrogens is 264 g/mol. The molecule has 120 valence electrons. The molecule has 1 aliphatic rings. The molecule has 2 unspecified atom stereocenters. The van der Waals surface area contributed by atoms with Crippen molar-refractivity contribution in [1.82, 2.24) is 0 Å². The lowest BCUT2D eigenvalue weighted by atomic mass is 9.87. The molecule has 0 saturated carbocycles. The van der Waals surface area contributed by atoms with Crippen molar-refractivity contribution in [3.8, 4) is 0 Å². The fourth-order valence-electron chi connectivity index (χ4n) is 2.14. The molecule has 0 aliphatic carbocycles. The highest BCUT2D eigenvalue weighted by Gasteiger charge is 2.46. The Morgan fingerprint density at radius 3 is 1.90 bits per heavy atom. The largest absolute Gasteiger partial charge is 0.378 e. The maximum Gasteiger partial charge on any atom is 0.126 e. The zero-order chi connectivity index (χ0) is 14.8. The van der Waals surface area contributed by atoms with E-state index in [1.54, 1.807) is 0 Å². The Morgan fingerprint density at radius 2 is 1.50 bits per heavy atom. The average molecular weight is 292 g/mol. The Kier molecular flexibility index (Phi) is 8.50. The molecule has 8 heteroatoms. The van der Waals surface area contributed by atoms with E-state index in [0.29, 0.717) is 59.3 Å². The number of hydrogen-bond acceptors (Lipinski definition) is 8. The Labute approximate surface area is 120 Å². The van der Waals surface area contributed by atoms with Crippen molar-refractivity contribution in [1.29, 1.82) is 0 Å². The van der Waals surface area contributed by atoms with Crippen LogP contribution in [-0.4, -0.2) is 77.0 Å². The predicted molar refractivity (Wildman–Crippen MR) is 75.2 cm³/mol. The van der Waals surface area contributed by atoms with Gasteiger partial charge in [0.25, 0.3) is 0 Å². The smallest absolute Gasteiger partial charge is 0.126 e. The summed E-state index contributed by atoms with van der Waals surface area (Å²) in [6.07, 6.45) is 0. The van der Waals surface area contributed by atoms with E-state index in [9.17, 15) is 0 Å². The lowest BCUT2D eigenvalue weighted by Crippen LogP contribution is -2.68. The minimum atomic E-state index is -0.804. The zero-order valence-corrected chi connectivity index (χ0v) is 12.0. The highest BCUT2D eigenvalue weighted by atomic mass is 16.6. The van der Waals surface area contributed by atoms with Gasteiger partial charge in [-0.3, -0.25) is 0 Å². The molecule has 8 N–H and O–H groups in total. The normalized spacial score (nSPS) is 26.4. The van der Waals surface area contributed by atoms with Crippen molar-refractivity contribution in [2.45, 2.75) is 17.7 Å². The molecule has 0 aromatic carbocycles. The van der Waals surface area contributed by atoms with Gasteiger partial charge in [0, 0.05) is 13.1 Å². The Bertz CT molecular complexity index is 234. The van der Waals surface area contributed by atoms with Gasteiger partial charge in [0.1, 0.15) is 5.60 Å². The second-order valence-electron chi connectivity index (χ2n) is 4.80. The Morgan fingerprint density at radius 1 is 0.950 bits per heavy atom. The van der Waals surface area contributed by atoms with Gasteiger partial charge < -0.3 is 41.9 Å². The molecule has 0 aromatic heterocycles. The third-order valence-electron chi connectivity index (χ3n) is 3.30. The van der Waals surface area contributed by atoms with E-state index < -0.39 is 17.7 Å². The van der Waals surface area contributed by atoms with Gasteiger partial charge in [-0.2, -0.15) is 0 Å². The second kappa shape index (κ2) is 9.59. The van der Waals surface area contributed by atoms with Crippen LogP contribution in [0.1, 0.15) is 0 Å². The van der Waals surface area contributed by atoms with Crippen molar-refractivity contribution in [2.75, 3.05) is 59.3 Å². The van der Waals surface area contributed by atoms with Crippen molar-refractivity contribution in [2.24, 2.45) is 22.9 Å². The molecule has 1 heterocycles. The minimum Gasteiger partial charge on any atom is -0.378 e. The molecule has 0 radical (unpaired) electrons. The summed E-state index contributed by atoms with van der Waals surface area (Å²) in [5.74, 6) is 0. The predicted octanol–water partition coefficient (Wildman–Crippen LogP) is -2.62. The van der Waals surface area contributed by atoms with E-state index in [1.165, 1.54) is 0 Å². The first-order chi connectivity index (χ1) is 9.67. The standard InChI is InChI=1S/C12H28N4O4/c13-1-3-17-7-10(15)12(9-19-5-6-20-12)11(16)8-18-4-2-14/h10-11H,1-9,13-16H2. The number of hydrogen-bond donors (Lipinski definition) is 4. The van der Waals surface area contributed by atoms with Crippen LogP contribution in [0.15, 0.2) is 0 Å². The van der Waals surface area contributed by atoms with Crippen LogP contribution in [-0.2, 0) is 18.9 Å². The molecule has 1 aliphatic heterocycles. The third kappa shape index (κ3) is 4.90. The topological polar surface area (TPSA) is 141 Å². The summed E-state index contributed by atoms with van der Waals surface area (Å²) in [5.41, 5.74) is 22.4. The summed E-state index contributed by atoms with van der Waals surface area (Å²) >= 11 is 0. The zero-order valence-electron chi connectivity index (χ0n) is 12.0. The fourth-order valence-corrected chi connectivity index (χ4v) is 2.14. The molecule has 1 rings (SSSR count). The number of rotatable bonds is 10.